The van der Waals surface area contributed by atoms with Gasteiger partial charge in [0, 0.05) is 25.2 Å². The van der Waals surface area contributed by atoms with E-state index in [4.69, 9.17) is 5.73 Å². The molecular weight excluding hydrogens is 274 g/mol. The standard InChI is InChI=1S/C18H27N3O/c1-14(19)18(22)21(16-9-10-16)13-17-8-5-11-20(17)12-15-6-3-2-4-7-15/h2-4,6-7,14,16-17H,5,8-13,19H2,1H3/t14?,17-/m0/s1. The van der Waals surface area contributed by atoms with E-state index in [1.165, 1.54) is 18.4 Å². The number of likely N-dealkylation sites (tertiary alicyclic amines) is 1. The highest BCUT2D eigenvalue weighted by Gasteiger charge is 2.37. The molecular formula is C18H27N3O. The molecule has 3 rings (SSSR count). The number of carbonyl (C=O) groups excluding carboxylic acids is 1. The molecule has 22 heavy (non-hydrogen) atoms. The Morgan fingerprint density at radius 2 is 2.05 bits per heavy atom. The second-order valence-electron chi connectivity index (χ2n) is 6.76. The molecule has 2 N–H and O–H groups in total. The van der Waals surface area contributed by atoms with Crippen molar-refractivity contribution in [3.8, 4) is 0 Å². The molecule has 1 heterocycles. The van der Waals surface area contributed by atoms with Crippen molar-refractivity contribution in [1.29, 1.82) is 0 Å². The summed E-state index contributed by atoms with van der Waals surface area (Å²) in [6.45, 7) is 4.76. The number of hydrogen-bond acceptors (Lipinski definition) is 3. The zero-order valence-corrected chi connectivity index (χ0v) is 13.4. The molecule has 1 unspecified atom stereocenters. The summed E-state index contributed by atoms with van der Waals surface area (Å²) < 4.78 is 0. The molecule has 2 aliphatic rings. The molecule has 1 saturated carbocycles. The summed E-state index contributed by atoms with van der Waals surface area (Å²) >= 11 is 0. The molecule has 0 bridgehead atoms. The van der Waals surface area contributed by atoms with Crippen LogP contribution in [0.15, 0.2) is 30.3 Å². The van der Waals surface area contributed by atoms with Crippen LogP contribution in [-0.2, 0) is 11.3 Å². The Morgan fingerprint density at radius 3 is 2.68 bits per heavy atom. The average molecular weight is 301 g/mol. The van der Waals surface area contributed by atoms with Gasteiger partial charge in [-0.25, -0.2) is 0 Å². The summed E-state index contributed by atoms with van der Waals surface area (Å²) in [5.74, 6) is 0.120. The number of hydrogen-bond donors (Lipinski definition) is 1. The van der Waals surface area contributed by atoms with E-state index in [2.05, 4.69) is 40.1 Å². The van der Waals surface area contributed by atoms with Gasteiger partial charge in [-0.15, -0.1) is 0 Å². The van der Waals surface area contributed by atoms with E-state index in [1.807, 2.05) is 0 Å². The van der Waals surface area contributed by atoms with Gasteiger partial charge in [-0.2, -0.15) is 0 Å². The van der Waals surface area contributed by atoms with Gasteiger partial charge in [0.2, 0.25) is 5.91 Å². The van der Waals surface area contributed by atoms with Gasteiger partial charge < -0.3 is 10.6 Å². The maximum Gasteiger partial charge on any atom is 0.239 e. The predicted molar refractivity (Wildman–Crippen MR) is 88.3 cm³/mol. The van der Waals surface area contributed by atoms with Crippen LogP contribution in [-0.4, -0.2) is 46.9 Å². The second-order valence-corrected chi connectivity index (χ2v) is 6.76. The number of benzene rings is 1. The third-order valence-corrected chi connectivity index (χ3v) is 4.80. The molecule has 120 valence electrons. The van der Waals surface area contributed by atoms with E-state index in [-0.39, 0.29) is 11.9 Å². The largest absolute Gasteiger partial charge is 0.337 e. The molecule has 4 heteroatoms. The highest BCUT2D eigenvalue weighted by Crippen LogP contribution is 2.30. The Kier molecular flexibility index (Phi) is 4.79. The lowest BCUT2D eigenvalue weighted by Crippen LogP contribution is -2.49. The summed E-state index contributed by atoms with van der Waals surface area (Å²) in [4.78, 5) is 16.9. The van der Waals surface area contributed by atoms with Gasteiger partial charge in [0.25, 0.3) is 0 Å². The highest BCUT2D eigenvalue weighted by atomic mass is 16.2. The molecule has 0 aromatic heterocycles. The minimum Gasteiger partial charge on any atom is -0.337 e. The van der Waals surface area contributed by atoms with E-state index in [1.54, 1.807) is 6.92 Å². The molecule has 1 aromatic rings. The number of nitrogens with two attached hydrogens (primary N) is 1. The zero-order valence-electron chi connectivity index (χ0n) is 13.4. The molecule has 0 spiro atoms. The van der Waals surface area contributed by atoms with Crippen molar-refractivity contribution in [3.63, 3.8) is 0 Å². The third-order valence-electron chi connectivity index (χ3n) is 4.80. The number of nitrogens with zero attached hydrogens (tertiary/aromatic N) is 2. The van der Waals surface area contributed by atoms with Crippen LogP contribution in [0.4, 0.5) is 0 Å². The second kappa shape index (κ2) is 6.80. The minimum absolute atomic E-state index is 0.120. The van der Waals surface area contributed by atoms with Crippen molar-refractivity contribution in [3.05, 3.63) is 35.9 Å². The summed E-state index contributed by atoms with van der Waals surface area (Å²) in [5.41, 5.74) is 7.18. The normalized spacial score (nSPS) is 23.5. The Morgan fingerprint density at radius 1 is 1.32 bits per heavy atom. The molecule has 1 aromatic carbocycles. The van der Waals surface area contributed by atoms with Gasteiger partial charge in [-0.1, -0.05) is 30.3 Å². The molecule has 4 nitrogen and oxygen atoms in total. The first kappa shape index (κ1) is 15.5. The van der Waals surface area contributed by atoms with Gasteiger partial charge in [0.1, 0.15) is 0 Å². The molecule has 1 aliphatic carbocycles. The van der Waals surface area contributed by atoms with Crippen LogP contribution >= 0.6 is 0 Å². The van der Waals surface area contributed by atoms with Crippen molar-refractivity contribution in [2.45, 2.75) is 57.3 Å². The summed E-state index contributed by atoms with van der Waals surface area (Å²) in [5, 5.41) is 0. The average Bonchev–Trinajstić information content (AvgIpc) is 3.27. The van der Waals surface area contributed by atoms with Gasteiger partial charge in [0.15, 0.2) is 0 Å². The van der Waals surface area contributed by atoms with Crippen LogP contribution in [0, 0.1) is 0 Å². The van der Waals surface area contributed by atoms with Gasteiger partial charge in [-0.3, -0.25) is 9.69 Å². The van der Waals surface area contributed by atoms with Crippen LogP contribution in [0.5, 0.6) is 0 Å². The van der Waals surface area contributed by atoms with E-state index >= 15 is 0 Å². The van der Waals surface area contributed by atoms with Crippen LogP contribution in [0.25, 0.3) is 0 Å². The van der Waals surface area contributed by atoms with Crippen molar-refractivity contribution >= 4 is 5.91 Å². The zero-order chi connectivity index (χ0) is 15.5. The molecule has 1 aliphatic heterocycles. The first-order chi connectivity index (χ1) is 10.6. The summed E-state index contributed by atoms with van der Waals surface area (Å²) in [6, 6.07) is 11.1. The molecule has 2 atom stereocenters. The Balaban J connectivity index is 1.63. The summed E-state index contributed by atoms with van der Waals surface area (Å²) in [7, 11) is 0. The quantitative estimate of drug-likeness (QED) is 0.874. The fourth-order valence-electron chi connectivity index (χ4n) is 3.42. The van der Waals surface area contributed by atoms with Crippen molar-refractivity contribution in [2.75, 3.05) is 13.1 Å². The van der Waals surface area contributed by atoms with E-state index in [0.29, 0.717) is 12.1 Å². The van der Waals surface area contributed by atoms with Crippen LogP contribution in [0.2, 0.25) is 0 Å². The van der Waals surface area contributed by atoms with Gasteiger partial charge in [-0.05, 0) is 44.7 Å². The maximum atomic E-state index is 12.4. The van der Waals surface area contributed by atoms with Crippen molar-refractivity contribution in [1.82, 2.24) is 9.80 Å². The Bertz CT molecular complexity index is 498. The number of carbonyl (C=O) groups is 1. The number of rotatable bonds is 6. The fraction of sp³-hybridized carbons (Fsp3) is 0.611. The van der Waals surface area contributed by atoms with Crippen molar-refractivity contribution < 1.29 is 4.79 Å². The topological polar surface area (TPSA) is 49.6 Å². The van der Waals surface area contributed by atoms with Crippen LogP contribution in [0.1, 0.15) is 38.2 Å². The first-order valence-electron chi connectivity index (χ1n) is 8.49. The summed E-state index contributed by atoms with van der Waals surface area (Å²) in [6.07, 6.45) is 4.69. The van der Waals surface area contributed by atoms with E-state index < -0.39 is 0 Å². The monoisotopic (exact) mass is 301 g/mol. The lowest BCUT2D eigenvalue weighted by atomic mass is 10.1. The Labute approximate surface area is 133 Å². The van der Waals surface area contributed by atoms with Crippen LogP contribution < -0.4 is 5.73 Å². The lowest BCUT2D eigenvalue weighted by Gasteiger charge is -2.32. The SMILES string of the molecule is CC(N)C(=O)N(C[C@@H]1CCCN1Cc1ccccc1)C1CC1. The van der Waals surface area contributed by atoms with Crippen molar-refractivity contribution in [2.24, 2.45) is 5.73 Å². The van der Waals surface area contributed by atoms with Gasteiger partial charge >= 0.3 is 0 Å². The molecule has 0 radical (unpaired) electrons. The lowest BCUT2D eigenvalue weighted by molar-refractivity contribution is -0.133. The first-order valence-corrected chi connectivity index (χ1v) is 8.49. The third kappa shape index (κ3) is 3.68. The fourth-order valence-corrected chi connectivity index (χ4v) is 3.42. The Hall–Kier alpha value is -1.39. The highest BCUT2D eigenvalue weighted by molar-refractivity contribution is 5.81. The maximum absolute atomic E-state index is 12.4. The van der Waals surface area contributed by atoms with Gasteiger partial charge in [0.05, 0.1) is 6.04 Å². The molecule has 2 fully saturated rings. The molecule has 1 amide bonds. The number of amides is 1. The van der Waals surface area contributed by atoms with E-state index in [0.717, 1.165) is 32.5 Å². The molecule has 1 saturated heterocycles. The predicted octanol–water partition coefficient (Wildman–Crippen LogP) is 1.99. The minimum atomic E-state index is -0.385. The van der Waals surface area contributed by atoms with E-state index in [9.17, 15) is 4.79 Å². The smallest absolute Gasteiger partial charge is 0.239 e. The van der Waals surface area contributed by atoms with Crippen LogP contribution in [0.3, 0.4) is 0 Å².